The molecule has 0 spiro atoms. The number of unbranched alkanes of at least 4 members (excludes halogenated alkanes) is 15. The molecule has 0 heterocycles. The van der Waals surface area contributed by atoms with Gasteiger partial charge in [-0.05, 0) is 13.3 Å². The van der Waals surface area contributed by atoms with E-state index in [4.69, 9.17) is 0 Å². The number of carbonyl (C=O) groups is 3. The molecule has 1 atom stereocenters. The first-order valence-electron chi connectivity index (χ1n) is 11.7. The van der Waals surface area contributed by atoms with Crippen molar-refractivity contribution in [3.63, 3.8) is 0 Å². The van der Waals surface area contributed by atoms with Crippen LogP contribution in [0, 0.1) is 5.92 Å². The maximum atomic E-state index is 11.7. The van der Waals surface area contributed by atoms with Crippen LogP contribution in [0.4, 0.5) is 0 Å². The van der Waals surface area contributed by atoms with Gasteiger partial charge in [0, 0.05) is 6.92 Å². The first-order valence-corrected chi connectivity index (χ1v) is 11.7. The number of ketones is 1. The Labute approximate surface area is 173 Å². The maximum absolute atomic E-state index is 11.7. The lowest BCUT2D eigenvalue weighted by Crippen LogP contribution is -2.25. The van der Waals surface area contributed by atoms with Crippen LogP contribution < -0.4 is 0 Å². The molecule has 0 bridgehead atoms. The standard InChI is InChI=1S/C24H44O4/c1-4-5-6-7-8-9-10-11-12-13-14-15-16-17-18-19-20-23(21(2)25)24(27)28-22(3)26/h23H,4-20H2,1-3H3. The van der Waals surface area contributed by atoms with Gasteiger partial charge in [-0.3, -0.25) is 14.4 Å². The summed E-state index contributed by atoms with van der Waals surface area (Å²) in [7, 11) is 0. The Balaban J connectivity index is 3.43. The normalized spacial score (nSPS) is 12.0. The molecular weight excluding hydrogens is 352 g/mol. The summed E-state index contributed by atoms with van der Waals surface area (Å²) in [5, 5.41) is 0. The van der Waals surface area contributed by atoms with E-state index in [9.17, 15) is 14.4 Å². The van der Waals surface area contributed by atoms with E-state index >= 15 is 0 Å². The van der Waals surface area contributed by atoms with Gasteiger partial charge in [-0.15, -0.1) is 0 Å². The van der Waals surface area contributed by atoms with Crippen molar-refractivity contribution in [2.24, 2.45) is 5.92 Å². The second-order valence-corrected chi connectivity index (χ2v) is 8.17. The summed E-state index contributed by atoms with van der Waals surface area (Å²) in [5.41, 5.74) is 0. The van der Waals surface area contributed by atoms with Gasteiger partial charge in [-0.1, -0.05) is 110 Å². The molecule has 0 saturated heterocycles. The van der Waals surface area contributed by atoms with E-state index in [-0.39, 0.29) is 5.78 Å². The van der Waals surface area contributed by atoms with Crippen LogP contribution in [0.15, 0.2) is 0 Å². The molecule has 0 aromatic heterocycles. The predicted molar refractivity (Wildman–Crippen MR) is 115 cm³/mol. The van der Waals surface area contributed by atoms with Crippen molar-refractivity contribution in [2.75, 3.05) is 0 Å². The summed E-state index contributed by atoms with van der Waals surface area (Å²) in [5.74, 6) is -2.34. The summed E-state index contributed by atoms with van der Waals surface area (Å²) in [6.07, 6.45) is 21.2. The number of carbonyl (C=O) groups excluding carboxylic acids is 3. The number of rotatable bonds is 19. The van der Waals surface area contributed by atoms with Crippen molar-refractivity contribution in [2.45, 2.75) is 130 Å². The number of hydrogen-bond acceptors (Lipinski definition) is 4. The molecule has 4 nitrogen and oxygen atoms in total. The van der Waals surface area contributed by atoms with Gasteiger partial charge in [0.2, 0.25) is 0 Å². The van der Waals surface area contributed by atoms with Crippen molar-refractivity contribution in [3.05, 3.63) is 0 Å². The molecule has 1 unspecified atom stereocenters. The molecule has 0 radical (unpaired) electrons. The Kier molecular flexibility index (Phi) is 18.3. The second-order valence-electron chi connectivity index (χ2n) is 8.17. The minimum atomic E-state index is -0.782. The molecule has 0 aliphatic carbocycles. The maximum Gasteiger partial charge on any atom is 0.324 e. The highest BCUT2D eigenvalue weighted by atomic mass is 16.6. The highest BCUT2D eigenvalue weighted by Gasteiger charge is 2.25. The Bertz CT molecular complexity index is 417. The van der Waals surface area contributed by atoms with Crippen molar-refractivity contribution in [1.82, 2.24) is 0 Å². The Morgan fingerprint density at radius 2 is 0.964 bits per heavy atom. The van der Waals surface area contributed by atoms with Crippen LogP contribution in [-0.4, -0.2) is 17.7 Å². The van der Waals surface area contributed by atoms with E-state index < -0.39 is 17.9 Å². The molecule has 4 heteroatoms. The quantitative estimate of drug-likeness (QED) is 0.135. The first kappa shape index (κ1) is 26.8. The molecule has 0 saturated carbocycles. The van der Waals surface area contributed by atoms with E-state index in [0.717, 1.165) is 19.3 Å². The summed E-state index contributed by atoms with van der Waals surface area (Å²) in [6.45, 7) is 4.84. The van der Waals surface area contributed by atoms with Crippen molar-refractivity contribution >= 4 is 17.7 Å². The second kappa shape index (κ2) is 19.1. The van der Waals surface area contributed by atoms with Gasteiger partial charge >= 0.3 is 11.9 Å². The van der Waals surface area contributed by atoms with E-state index in [1.54, 1.807) is 0 Å². The average Bonchev–Trinajstić information content (AvgIpc) is 2.63. The van der Waals surface area contributed by atoms with Crippen molar-refractivity contribution < 1.29 is 19.1 Å². The topological polar surface area (TPSA) is 60.4 Å². The van der Waals surface area contributed by atoms with Gasteiger partial charge in [0.05, 0.1) is 0 Å². The highest BCUT2D eigenvalue weighted by molar-refractivity contribution is 6.00. The molecule has 28 heavy (non-hydrogen) atoms. The molecule has 0 aromatic carbocycles. The SMILES string of the molecule is CCCCCCCCCCCCCCCCCCC(C(C)=O)C(=O)OC(C)=O. The highest BCUT2D eigenvalue weighted by Crippen LogP contribution is 2.16. The van der Waals surface area contributed by atoms with Gasteiger partial charge in [0.1, 0.15) is 11.7 Å². The first-order chi connectivity index (χ1) is 13.5. The van der Waals surface area contributed by atoms with Crippen molar-refractivity contribution in [1.29, 1.82) is 0 Å². The summed E-state index contributed by atoms with van der Waals surface area (Å²) in [4.78, 5) is 34.1. The summed E-state index contributed by atoms with van der Waals surface area (Å²) in [6, 6.07) is 0. The molecule has 164 valence electrons. The number of esters is 2. The minimum absolute atomic E-state index is 0.216. The van der Waals surface area contributed by atoms with Gasteiger partial charge in [0.15, 0.2) is 0 Å². The number of Topliss-reactive ketones (excluding diaryl/α,β-unsaturated/α-hetero) is 1. The molecule has 0 aliphatic rings. The number of ether oxygens (including phenoxy) is 1. The van der Waals surface area contributed by atoms with Crippen LogP contribution in [0.3, 0.4) is 0 Å². The van der Waals surface area contributed by atoms with Crippen LogP contribution in [0.5, 0.6) is 0 Å². The van der Waals surface area contributed by atoms with Gasteiger partial charge in [0.25, 0.3) is 0 Å². The third-order valence-electron chi connectivity index (χ3n) is 5.37. The van der Waals surface area contributed by atoms with E-state index in [1.165, 1.54) is 97.3 Å². The lowest BCUT2D eigenvalue weighted by molar-refractivity contribution is -0.162. The van der Waals surface area contributed by atoms with E-state index in [1.807, 2.05) is 0 Å². The third kappa shape index (κ3) is 16.9. The smallest absolute Gasteiger partial charge is 0.324 e. The lowest BCUT2D eigenvalue weighted by atomic mass is 9.97. The van der Waals surface area contributed by atoms with E-state index in [0.29, 0.717) is 6.42 Å². The van der Waals surface area contributed by atoms with Crippen molar-refractivity contribution in [3.8, 4) is 0 Å². The molecule has 0 rings (SSSR count). The van der Waals surface area contributed by atoms with E-state index in [2.05, 4.69) is 11.7 Å². The Morgan fingerprint density at radius 1 is 0.607 bits per heavy atom. The zero-order valence-electron chi connectivity index (χ0n) is 18.7. The fourth-order valence-electron chi connectivity index (χ4n) is 3.60. The number of hydrogen-bond donors (Lipinski definition) is 0. The van der Waals surface area contributed by atoms with Gasteiger partial charge in [-0.2, -0.15) is 0 Å². The zero-order valence-corrected chi connectivity index (χ0v) is 18.7. The molecule has 0 fully saturated rings. The fraction of sp³-hybridized carbons (Fsp3) is 0.875. The van der Waals surface area contributed by atoms with Crippen LogP contribution in [-0.2, 0) is 19.1 Å². The Hall–Kier alpha value is -1.19. The molecule has 0 aliphatic heterocycles. The van der Waals surface area contributed by atoms with Crippen LogP contribution >= 0.6 is 0 Å². The monoisotopic (exact) mass is 396 g/mol. The molecule has 0 amide bonds. The third-order valence-corrected chi connectivity index (χ3v) is 5.37. The molecule has 0 N–H and O–H groups in total. The summed E-state index contributed by atoms with van der Waals surface area (Å²) < 4.78 is 4.55. The predicted octanol–water partition coefficient (Wildman–Crippen LogP) is 6.93. The van der Waals surface area contributed by atoms with Crippen LogP contribution in [0.2, 0.25) is 0 Å². The fourth-order valence-corrected chi connectivity index (χ4v) is 3.60. The van der Waals surface area contributed by atoms with Crippen LogP contribution in [0.1, 0.15) is 130 Å². The van der Waals surface area contributed by atoms with Crippen LogP contribution in [0.25, 0.3) is 0 Å². The Morgan fingerprint density at radius 3 is 1.29 bits per heavy atom. The largest absolute Gasteiger partial charge is 0.393 e. The van der Waals surface area contributed by atoms with Gasteiger partial charge < -0.3 is 4.74 Å². The summed E-state index contributed by atoms with van der Waals surface area (Å²) >= 11 is 0. The lowest BCUT2D eigenvalue weighted by Gasteiger charge is -2.11. The van der Waals surface area contributed by atoms with Gasteiger partial charge in [-0.25, -0.2) is 0 Å². The molecule has 0 aromatic rings. The average molecular weight is 397 g/mol. The molecular formula is C24H44O4. The minimum Gasteiger partial charge on any atom is -0.393 e. The zero-order chi connectivity index (χ0) is 21.0.